The molecular formula is C47H35NO2. The summed E-state index contributed by atoms with van der Waals surface area (Å²) in [5, 5.41) is 0. The number of allylic oxidation sites excluding steroid dienone is 6. The predicted octanol–water partition coefficient (Wildman–Crippen LogP) is 12.7. The first-order valence-corrected chi connectivity index (χ1v) is 17.1. The van der Waals surface area contributed by atoms with E-state index in [1.165, 1.54) is 27.8 Å². The summed E-state index contributed by atoms with van der Waals surface area (Å²) in [5.41, 5.74) is 12.0. The van der Waals surface area contributed by atoms with E-state index in [0.717, 1.165) is 58.1 Å². The van der Waals surface area contributed by atoms with Gasteiger partial charge >= 0.3 is 0 Å². The van der Waals surface area contributed by atoms with Gasteiger partial charge in [-0.15, -0.1) is 0 Å². The van der Waals surface area contributed by atoms with Crippen LogP contribution in [0.25, 0.3) is 11.1 Å². The molecule has 3 nitrogen and oxygen atoms in total. The lowest BCUT2D eigenvalue weighted by Gasteiger charge is -2.35. The minimum atomic E-state index is -0.462. The van der Waals surface area contributed by atoms with E-state index >= 15 is 0 Å². The monoisotopic (exact) mass is 645 g/mol. The predicted molar refractivity (Wildman–Crippen MR) is 205 cm³/mol. The van der Waals surface area contributed by atoms with Crippen LogP contribution in [-0.2, 0) is 5.41 Å². The number of anilines is 3. The van der Waals surface area contributed by atoms with Crippen molar-refractivity contribution >= 4 is 28.2 Å². The molecule has 3 aliphatic rings. The van der Waals surface area contributed by atoms with Gasteiger partial charge in [-0.25, -0.2) is 0 Å². The van der Waals surface area contributed by atoms with E-state index in [1.54, 1.807) is 6.08 Å². The van der Waals surface area contributed by atoms with Crippen LogP contribution in [0.4, 0.5) is 17.1 Å². The summed E-state index contributed by atoms with van der Waals surface area (Å²) in [6, 6.07) is 51.1. The van der Waals surface area contributed by atoms with E-state index in [4.69, 9.17) is 9.47 Å². The molecule has 0 radical (unpaired) electrons. The maximum Gasteiger partial charge on any atom is 0.177 e. The third-order valence-electron chi connectivity index (χ3n) is 10.2. The molecule has 0 saturated carbocycles. The first kappa shape index (κ1) is 29.8. The lowest BCUT2D eigenvalue weighted by Crippen LogP contribution is -2.29. The van der Waals surface area contributed by atoms with E-state index in [2.05, 4.69) is 164 Å². The summed E-state index contributed by atoms with van der Waals surface area (Å²) in [6.07, 6.45) is 8.36. The highest BCUT2D eigenvalue weighted by Gasteiger charge is 2.49. The van der Waals surface area contributed by atoms with Crippen LogP contribution in [-0.4, -0.2) is 0 Å². The van der Waals surface area contributed by atoms with Gasteiger partial charge < -0.3 is 14.4 Å². The standard InChI is InChI=1S/C47H35NO2/c1-3-32(2)33-23-25-37(26-24-33)48(36-19-11-6-12-20-36)38-27-29-42-44(31-38)49-43-30-28-41-45(46(43)50-42)39-21-13-14-22-40(39)47(41,34-15-7-4-8-16-34)35-17-9-5-10-18-35/h3-12,14-20,22-31H,1-2,13,21H2. The topological polar surface area (TPSA) is 21.7 Å². The molecule has 1 aliphatic heterocycles. The fourth-order valence-corrected chi connectivity index (χ4v) is 7.94. The van der Waals surface area contributed by atoms with Crippen LogP contribution in [0.3, 0.4) is 0 Å². The van der Waals surface area contributed by atoms with Gasteiger partial charge in [0, 0.05) is 23.0 Å². The largest absolute Gasteiger partial charge is 0.449 e. The van der Waals surface area contributed by atoms with Gasteiger partial charge in [0.25, 0.3) is 0 Å². The van der Waals surface area contributed by atoms with Crippen molar-refractivity contribution in [1.82, 2.24) is 0 Å². The molecule has 0 N–H and O–H groups in total. The molecule has 9 rings (SSSR count). The second-order valence-electron chi connectivity index (χ2n) is 12.9. The molecule has 0 fully saturated rings. The minimum absolute atomic E-state index is 0.462. The molecule has 0 bridgehead atoms. The third kappa shape index (κ3) is 4.58. The molecule has 0 amide bonds. The van der Waals surface area contributed by atoms with E-state index in [-0.39, 0.29) is 0 Å². The van der Waals surface area contributed by atoms with Crippen LogP contribution < -0.4 is 14.4 Å². The van der Waals surface area contributed by atoms with Gasteiger partial charge in [0.15, 0.2) is 23.0 Å². The Morgan fingerprint density at radius 1 is 0.640 bits per heavy atom. The van der Waals surface area contributed by atoms with E-state index in [9.17, 15) is 0 Å². The summed E-state index contributed by atoms with van der Waals surface area (Å²) in [4.78, 5) is 2.22. The summed E-state index contributed by atoms with van der Waals surface area (Å²) >= 11 is 0. The Bertz CT molecular complexity index is 2300. The highest BCUT2D eigenvalue weighted by Crippen LogP contribution is 2.62. The number of hydrogen-bond donors (Lipinski definition) is 0. The lowest BCUT2D eigenvalue weighted by molar-refractivity contribution is 0.358. The number of nitrogens with zero attached hydrogens (tertiary/aromatic N) is 1. The molecule has 0 spiro atoms. The molecule has 50 heavy (non-hydrogen) atoms. The molecule has 0 saturated heterocycles. The second kappa shape index (κ2) is 12.0. The number of ether oxygens (including phenoxy) is 2. The molecule has 2 aliphatic carbocycles. The first-order valence-electron chi connectivity index (χ1n) is 17.1. The third-order valence-corrected chi connectivity index (χ3v) is 10.2. The van der Waals surface area contributed by atoms with Crippen LogP contribution in [0.5, 0.6) is 23.0 Å². The first-order chi connectivity index (χ1) is 24.7. The number of fused-ring (bicyclic) bond motifs is 5. The lowest BCUT2D eigenvalue weighted by atomic mass is 9.66. The van der Waals surface area contributed by atoms with Gasteiger partial charge in [0.1, 0.15) is 0 Å². The van der Waals surface area contributed by atoms with E-state index in [0.29, 0.717) is 11.5 Å². The molecule has 3 heteroatoms. The number of hydrogen-bond acceptors (Lipinski definition) is 3. The smallest absolute Gasteiger partial charge is 0.177 e. The second-order valence-corrected chi connectivity index (χ2v) is 12.9. The van der Waals surface area contributed by atoms with Gasteiger partial charge in [-0.2, -0.15) is 0 Å². The van der Waals surface area contributed by atoms with Crippen LogP contribution in [0, 0.1) is 0 Å². The maximum atomic E-state index is 6.91. The van der Waals surface area contributed by atoms with Gasteiger partial charge in [0.2, 0.25) is 0 Å². The average Bonchev–Trinajstić information content (AvgIpc) is 3.50. The zero-order chi connectivity index (χ0) is 33.7. The van der Waals surface area contributed by atoms with Crippen molar-refractivity contribution in [3.8, 4) is 23.0 Å². The molecule has 6 aromatic carbocycles. The highest BCUT2D eigenvalue weighted by atomic mass is 16.6. The van der Waals surface area contributed by atoms with Crippen LogP contribution in [0.1, 0.15) is 40.7 Å². The Morgan fingerprint density at radius 3 is 1.94 bits per heavy atom. The van der Waals surface area contributed by atoms with Crippen LogP contribution in [0.2, 0.25) is 0 Å². The van der Waals surface area contributed by atoms with Crippen molar-refractivity contribution < 1.29 is 9.47 Å². The van der Waals surface area contributed by atoms with Gasteiger partial charge in [0.05, 0.1) is 11.1 Å². The van der Waals surface area contributed by atoms with E-state index in [1.807, 2.05) is 12.1 Å². The van der Waals surface area contributed by atoms with Crippen molar-refractivity contribution in [3.63, 3.8) is 0 Å². The van der Waals surface area contributed by atoms with Crippen molar-refractivity contribution in [1.29, 1.82) is 0 Å². The average molecular weight is 646 g/mol. The van der Waals surface area contributed by atoms with Crippen molar-refractivity contribution in [2.45, 2.75) is 18.3 Å². The normalized spacial score (nSPS) is 14.7. The zero-order valence-electron chi connectivity index (χ0n) is 27.7. The Kier molecular flexibility index (Phi) is 7.14. The summed E-state index contributed by atoms with van der Waals surface area (Å²) in [7, 11) is 0. The van der Waals surface area contributed by atoms with E-state index < -0.39 is 5.41 Å². The Hall–Kier alpha value is -6.32. The molecular weight excluding hydrogens is 611 g/mol. The molecule has 0 aromatic heterocycles. The molecule has 6 aromatic rings. The quantitative estimate of drug-likeness (QED) is 0.161. The van der Waals surface area contributed by atoms with Crippen LogP contribution in [0.15, 0.2) is 183 Å². The summed E-state index contributed by atoms with van der Waals surface area (Å²) in [6.45, 7) is 7.99. The van der Waals surface area contributed by atoms with Gasteiger partial charge in [-0.3, -0.25) is 0 Å². The highest BCUT2D eigenvalue weighted by molar-refractivity contribution is 5.92. The van der Waals surface area contributed by atoms with Crippen molar-refractivity contribution in [2.24, 2.45) is 0 Å². The van der Waals surface area contributed by atoms with Crippen LogP contribution >= 0.6 is 0 Å². The molecule has 0 atom stereocenters. The van der Waals surface area contributed by atoms with Crippen molar-refractivity contribution in [3.05, 3.63) is 210 Å². The SMILES string of the molecule is C=CC(=C)c1ccc(N(c2ccccc2)c2ccc3c(c2)Oc2ccc4c(c2O3)C2=C(C=CCC2)C4(c2ccccc2)c2ccccc2)cc1. The molecule has 240 valence electrons. The summed E-state index contributed by atoms with van der Waals surface area (Å²) in [5.74, 6) is 2.90. The Balaban J connectivity index is 1.16. The number of para-hydroxylation sites is 1. The Labute approximate surface area is 293 Å². The minimum Gasteiger partial charge on any atom is -0.449 e. The fourth-order valence-electron chi connectivity index (χ4n) is 7.94. The van der Waals surface area contributed by atoms with Crippen molar-refractivity contribution in [2.75, 3.05) is 4.90 Å². The molecule has 0 unspecified atom stereocenters. The van der Waals surface area contributed by atoms with Gasteiger partial charge in [-0.1, -0.05) is 128 Å². The summed E-state index contributed by atoms with van der Waals surface area (Å²) < 4.78 is 13.7. The molecule has 1 heterocycles. The maximum absolute atomic E-state index is 6.91. The number of benzene rings is 6. The van der Waals surface area contributed by atoms with Gasteiger partial charge in [-0.05, 0) is 94.3 Å². The Morgan fingerprint density at radius 2 is 1.26 bits per heavy atom. The zero-order valence-corrected chi connectivity index (χ0v) is 27.7. The number of rotatable bonds is 7. The fraction of sp³-hybridized carbons (Fsp3) is 0.0638.